The van der Waals surface area contributed by atoms with Gasteiger partial charge in [-0.05, 0) is 37.0 Å². The summed E-state index contributed by atoms with van der Waals surface area (Å²) in [6.07, 6.45) is 4.20. The number of hydrogen-bond donors (Lipinski definition) is 1. The predicted octanol–water partition coefficient (Wildman–Crippen LogP) is 3.22. The molecule has 2 aliphatic heterocycles. The Morgan fingerprint density at radius 2 is 1.85 bits per heavy atom. The van der Waals surface area contributed by atoms with E-state index in [1.807, 2.05) is 17.0 Å². The first-order valence-electron chi connectivity index (χ1n) is 12.9. The normalized spacial score (nSPS) is 33.9. The molecule has 0 aromatic heterocycles. The zero-order chi connectivity index (χ0) is 24.5. The number of likely N-dealkylation sites (tertiary alicyclic amines) is 1. The second-order valence-electron chi connectivity index (χ2n) is 12.6. The van der Waals surface area contributed by atoms with Crippen LogP contribution in [0.1, 0.15) is 56.8 Å². The van der Waals surface area contributed by atoms with Crippen LogP contribution in [0.25, 0.3) is 0 Å². The van der Waals surface area contributed by atoms with Crippen molar-refractivity contribution in [2.75, 3.05) is 13.1 Å². The van der Waals surface area contributed by atoms with Crippen LogP contribution in [0.5, 0.6) is 0 Å². The topological polar surface area (TPSA) is 67.9 Å². The Morgan fingerprint density at radius 3 is 2.50 bits per heavy atom. The molecule has 6 rings (SSSR count). The van der Waals surface area contributed by atoms with Crippen molar-refractivity contribution in [1.29, 1.82) is 0 Å². The van der Waals surface area contributed by atoms with E-state index in [1.165, 1.54) is 10.0 Å². The summed E-state index contributed by atoms with van der Waals surface area (Å²) in [7, 11) is -0.372. The van der Waals surface area contributed by atoms with Crippen LogP contribution >= 0.6 is 0 Å². The Kier molecular flexibility index (Phi) is 6.17. The average molecular weight is 573 g/mol. The fourth-order valence-electron chi connectivity index (χ4n) is 6.93. The molecule has 1 N–H and O–H groups in total. The summed E-state index contributed by atoms with van der Waals surface area (Å²) in [4.78, 5) is 34.7. The van der Waals surface area contributed by atoms with Crippen LogP contribution in [-0.2, 0) is 14.1 Å². The third-order valence-corrected chi connectivity index (χ3v) is 15.2. The van der Waals surface area contributed by atoms with Gasteiger partial charge in [0.2, 0.25) is 0 Å². The van der Waals surface area contributed by atoms with Crippen LogP contribution in [0, 0.1) is 17.3 Å². The van der Waals surface area contributed by atoms with Crippen LogP contribution in [0.15, 0.2) is 24.3 Å². The van der Waals surface area contributed by atoms with Crippen molar-refractivity contribution in [3.63, 3.8) is 0 Å². The Hall–Kier alpha value is -1.06. The van der Waals surface area contributed by atoms with Gasteiger partial charge in [-0.15, -0.1) is 0 Å². The molecule has 1 aromatic rings. The third-order valence-electron chi connectivity index (χ3n) is 9.32. The van der Waals surface area contributed by atoms with Gasteiger partial charge in [-0.25, -0.2) is 0 Å². The van der Waals surface area contributed by atoms with E-state index in [9.17, 15) is 9.59 Å². The van der Waals surface area contributed by atoms with Crippen LogP contribution in [0.2, 0.25) is 14.8 Å². The average Bonchev–Trinajstić information content (AvgIpc) is 3.40. The van der Waals surface area contributed by atoms with Gasteiger partial charge in [0.15, 0.2) is 0 Å². The fourth-order valence-corrected chi connectivity index (χ4v) is 10.3. The van der Waals surface area contributed by atoms with E-state index in [4.69, 9.17) is 9.31 Å². The molecule has 6 nitrogen and oxygen atoms in total. The van der Waals surface area contributed by atoms with Gasteiger partial charge >= 0.3 is 147 Å². The number of carbonyl (C=O) groups is 2. The fraction of sp³-hybridized carbons (Fsp3) is 0.692. The molecule has 5 fully saturated rings. The summed E-state index contributed by atoms with van der Waals surface area (Å²) < 4.78 is 14.5. The minimum Gasteiger partial charge on any atom is -0.0345 e. The second kappa shape index (κ2) is 8.51. The number of nitrogens with zero attached hydrogens (tertiary/aromatic N) is 1. The van der Waals surface area contributed by atoms with Gasteiger partial charge in [-0.3, -0.25) is 0 Å². The molecule has 184 valence electrons. The summed E-state index contributed by atoms with van der Waals surface area (Å²) in [5, 5.41) is 2.83. The van der Waals surface area contributed by atoms with Crippen LogP contribution in [0.3, 0.4) is 0 Å². The molecular weight excluding hydrogens is 534 g/mol. The van der Waals surface area contributed by atoms with Gasteiger partial charge < -0.3 is 0 Å². The van der Waals surface area contributed by atoms with Gasteiger partial charge in [-0.1, -0.05) is 13.8 Å². The molecule has 2 bridgehead atoms. The van der Waals surface area contributed by atoms with Crippen molar-refractivity contribution in [2.24, 2.45) is 17.3 Å². The molecule has 2 amide bonds. The van der Waals surface area contributed by atoms with E-state index in [1.54, 1.807) is 0 Å². The minimum atomic E-state index is -2.15. The van der Waals surface area contributed by atoms with E-state index in [0.717, 1.165) is 19.3 Å². The van der Waals surface area contributed by atoms with Crippen LogP contribution in [0.4, 0.5) is 0 Å². The summed E-state index contributed by atoms with van der Waals surface area (Å²) >= 11 is -2.15. The molecule has 2 heterocycles. The second-order valence-corrected chi connectivity index (χ2v) is 27.1. The van der Waals surface area contributed by atoms with E-state index >= 15 is 0 Å². The number of amides is 2. The first-order valence-corrected chi connectivity index (χ1v) is 22.9. The molecule has 0 radical (unpaired) electrons. The molecule has 2 saturated heterocycles. The summed E-state index contributed by atoms with van der Waals surface area (Å²) in [5.74, 6) is 0.873. The monoisotopic (exact) mass is 574 g/mol. The van der Waals surface area contributed by atoms with Gasteiger partial charge in [0, 0.05) is 0 Å². The van der Waals surface area contributed by atoms with Gasteiger partial charge in [0.25, 0.3) is 0 Å². The summed E-state index contributed by atoms with van der Waals surface area (Å²) in [6.45, 7) is 7.63. The summed E-state index contributed by atoms with van der Waals surface area (Å²) in [5.41, 5.74) is 0.636. The van der Waals surface area contributed by atoms with Crippen molar-refractivity contribution in [2.45, 2.75) is 78.9 Å². The first-order chi connectivity index (χ1) is 15.9. The quantitative estimate of drug-likeness (QED) is 0.550. The van der Waals surface area contributed by atoms with Crippen molar-refractivity contribution in [3.05, 3.63) is 29.8 Å². The molecular formula is C26H39BN2O4Sn. The standard InChI is InChI=1S/C23H30BN2O4.3CH3.Sn/c1-22(2)16-12-17(22)23(3)18(13-16)29-24(30-23)19-10-7-11-26(19)20(27)14-25-21(28)15-8-5-4-6-9-15;;;;/h5-6,8-9,16-19H,7,10-14H2,1-3H3,(H,25,28);3*1H3;/t16-,17?,18+,19?,23-;;;;/m0..../s1. The van der Waals surface area contributed by atoms with E-state index in [2.05, 4.69) is 53.0 Å². The molecule has 5 aliphatic rings. The smallest absolute Gasteiger partial charge is 0.0345 e. The number of hydrogen-bond acceptors (Lipinski definition) is 4. The third kappa shape index (κ3) is 4.03. The molecule has 5 atom stereocenters. The Bertz CT molecular complexity index is 978. The molecule has 8 heteroatoms. The summed E-state index contributed by atoms with van der Waals surface area (Å²) in [6, 6.07) is 7.91. The van der Waals surface area contributed by atoms with Gasteiger partial charge in [-0.2, -0.15) is 0 Å². The molecule has 3 saturated carbocycles. The Morgan fingerprint density at radius 1 is 1.15 bits per heavy atom. The van der Waals surface area contributed by atoms with E-state index < -0.39 is 18.4 Å². The van der Waals surface area contributed by atoms with E-state index in [0.29, 0.717) is 29.4 Å². The van der Waals surface area contributed by atoms with Crippen molar-refractivity contribution in [1.82, 2.24) is 10.2 Å². The minimum absolute atomic E-state index is 0.000726. The number of rotatable bonds is 5. The molecule has 2 unspecified atom stereocenters. The van der Waals surface area contributed by atoms with Crippen LogP contribution < -0.4 is 8.90 Å². The zero-order valence-corrected chi connectivity index (χ0v) is 24.4. The van der Waals surface area contributed by atoms with Crippen molar-refractivity contribution < 1.29 is 18.9 Å². The Labute approximate surface area is 208 Å². The predicted molar refractivity (Wildman–Crippen MR) is 137 cm³/mol. The number of carbonyl (C=O) groups excluding carboxylic acids is 2. The maximum atomic E-state index is 13.1. The Balaban J connectivity index is 1.19. The number of nitrogens with one attached hydrogen (secondary N) is 1. The van der Waals surface area contributed by atoms with Crippen molar-refractivity contribution >= 4 is 40.9 Å². The SMILES string of the molecule is CC1(C)C2C[C@H]1C[C@H]1OB(C3CCCN3C(=O)CNC(=O)c3cc[c]([Sn]([CH3])([CH3])[CH3])cc3)O[C@@]21C. The molecule has 34 heavy (non-hydrogen) atoms. The number of benzene rings is 1. The molecule has 1 aromatic carbocycles. The zero-order valence-electron chi connectivity index (χ0n) is 21.5. The van der Waals surface area contributed by atoms with Crippen LogP contribution in [-0.4, -0.2) is 72.9 Å². The van der Waals surface area contributed by atoms with E-state index in [-0.39, 0.29) is 43.1 Å². The van der Waals surface area contributed by atoms with Gasteiger partial charge in [0.05, 0.1) is 11.7 Å². The van der Waals surface area contributed by atoms with Crippen molar-refractivity contribution in [3.8, 4) is 0 Å². The first kappa shape index (κ1) is 24.6. The molecule has 3 aliphatic carbocycles. The van der Waals surface area contributed by atoms with Gasteiger partial charge in [0.1, 0.15) is 0 Å². The maximum absolute atomic E-state index is 13.1. The molecule has 0 spiro atoms.